The van der Waals surface area contributed by atoms with E-state index in [1.54, 1.807) is 18.0 Å². The molecule has 0 aromatic carbocycles. The third-order valence-corrected chi connectivity index (χ3v) is 4.85. The largest absolute Gasteiger partial charge is 0.481 e. The number of carboxylic acids is 1. The number of rotatable bonds is 3. The van der Waals surface area contributed by atoms with Gasteiger partial charge in [0.2, 0.25) is 0 Å². The van der Waals surface area contributed by atoms with E-state index in [9.17, 15) is 9.59 Å². The molecule has 1 saturated heterocycles. The van der Waals surface area contributed by atoms with Crippen LogP contribution in [-0.2, 0) is 4.79 Å². The van der Waals surface area contributed by atoms with E-state index in [1.165, 1.54) is 11.3 Å². The third-order valence-electron chi connectivity index (χ3n) is 3.56. The zero-order valence-electron chi connectivity index (χ0n) is 11.3. The first-order valence-electron chi connectivity index (χ1n) is 6.41. The van der Waals surface area contributed by atoms with Gasteiger partial charge in [-0.3, -0.25) is 9.59 Å². The molecule has 1 aromatic heterocycles. The van der Waals surface area contributed by atoms with Crippen molar-refractivity contribution in [2.75, 3.05) is 6.54 Å². The van der Waals surface area contributed by atoms with E-state index in [1.807, 2.05) is 13.8 Å². The average molecular weight is 282 g/mol. The number of amides is 1. The van der Waals surface area contributed by atoms with E-state index >= 15 is 0 Å². The number of nitrogens with zero attached hydrogens (tertiary/aromatic N) is 2. The van der Waals surface area contributed by atoms with Crippen molar-refractivity contribution in [2.24, 2.45) is 5.92 Å². The van der Waals surface area contributed by atoms with Crippen LogP contribution in [0.2, 0.25) is 0 Å². The molecular weight excluding hydrogens is 264 g/mol. The van der Waals surface area contributed by atoms with Crippen molar-refractivity contribution >= 4 is 23.2 Å². The molecule has 1 amide bonds. The second-order valence-electron chi connectivity index (χ2n) is 5.19. The molecular formula is C13H18N2O3S. The number of thiazole rings is 1. The highest BCUT2D eigenvalue weighted by molar-refractivity contribution is 7.13. The molecule has 1 fully saturated rings. The molecule has 2 atom stereocenters. The van der Waals surface area contributed by atoms with Crippen molar-refractivity contribution in [1.29, 1.82) is 0 Å². The number of hydrogen-bond donors (Lipinski definition) is 1. The van der Waals surface area contributed by atoms with Crippen LogP contribution in [0.3, 0.4) is 0 Å². The first kappa shape index (κ1) is 14.0. The van der Waals surface area contributed by atoms with Crippen LogP contribution in [0.4, 0.5) is 0 Å². The monoisotopic (exact) mass is 282 g/mol. The SMILES string of the molecule is CC(C)c1ncc(C(=O)N2CCC(C(=O)O)C2C)s1. The van der Waals surface area contributed by atoms with Crippen LogP contribution in [0.25, 0.3) is 0 Å². The summed E-state index contributed by atoms with van der Waals surface area (Å²) in [6.07, 6.45) is 2.13. The molecule has 6 heteroatoms. The van der Waals surface area contributed by atoms with Crippen LogP contribution in [0.15, 0.2) is 6.20 Å². The lowest BCUT2D eigenvalue weighted by Gasteiger charge is -2.22. The highest BCUT2D eigenvalue weighted by Crippen LogP contribution is 2.28. The Bertz CT molecular complexity index is 498. The van der Waals surface area contributed by atoms with Crippen LogP contribution < -0.4 is 0 Å². The van der Waals surface area contributed by atoms with Gasteiger partial charge >= 0.3 is 5.97 Å². The van der Waals surface area contributed by atoms with Crippen LogP contribution in [0.5, 0.6) is 0 Å². The molecule has 2 unspecified atom stereocenters. The Kier molecular flexibility index (Phi) is 3.89. The molecule has 5 nitrogen and oxygen atoms in total. The van der Waals surface area contributed by atoms with Gasteiger partial charge in [0.25, 0.3) is 5.91 Å². The number of carbonyl (C=O) groups excluding carboxylic acids is 1. The fourth-order valence-electron chi connectivity index (χ4n) is 2.35. The van der Waals surface area contributed by atoms with Gasteiger partial charge in [0.15, 0.2) is 0 Å². The normalized spacial score (nSPS) is 23.1. The van der Waals surface area contributed by atoms with Gasteiger partial charge in [-0.15, -0.1) is 11.3 Å². The lowest BCUT2D eigenvalue weighted by atomic mass is 10.0. The summed E-state index contributed by atoms with van der Waals surface area (Å²) in [4.78, 5) is 29.9. The summed E-state index contributed by atoms with van der Waals surface area (Å²) in [6, 6.07) is -0.255. The van der Waals surface area contributed by atoms with E-state index in [-0.39, 0.29) is 11.9 Å². The quantitative estimate of drug-likeness (QED) is 0.922. The maximum absolute atomic E-state index is 12.4. The van der Waals surface area contributed by atoms with Crippen molar-refractivity contribution in [3.8, 4) is 0 Å². The summed E-state index contributed by atoms with van der Waals surface area (Å²) in [5.41, 5.74) is 0. The third kappa shape index (κ3) is 2.63. The van der Waals surface area contributed by atoms with E-state index in [0.717, 1.165) is 5.01 Å². The van der Waals surface area contributed by atoms with Crippen molar-refractivity contribution in [2.45, 2.75) is 39.2 Å². The molecule has 0 saturated carbocycles. The molecule has 0 radical (unpaired) electrons. The Morgan fingerprint density at radius 2 is 2.21 bits per heavy atom. The second-order valence-corrected chi connectivity index (χ2v) is 6.25. The molecule has 1 aliphatic heterocycles. The van der Waals surface area contributed by atoms with Gasteiger partial charge in [0.05, 0.1) is 17.1 Å². The Balaban J connectivity index is 2.14. The lowest BCUT2D eigenvalue weighted by molar-refractivity contribution is -0.142. The standard InChI is InChI=1S/C13H18N2O3S/c1-7(2)11-14-6-10(19-11)12(16)15-5-4-9(8(15)3)13(17)18/h6-9H,4-5H2,1-3H3,(H,17,18). The average Bonchev–Trinajstić information content (AvgIpc) is 2.94. The van der Waals surface area contributed by atoms with Crippen LogP contribution in [0, 0.1) is 5.92 Å². The first-order chi connectivity index (χ1) is 8.91. The lowest BCUT2D eigenvalue weighted by Crippen LogP contribution is -2.37. The number of carboxylic acid groups (broad SMARTS) is 1. The van der Waals surface area contributed by atoms with Gasteiger partial charge in [0, 0.05) is 18.5 Å². The Morgan fingerprint density at radius 1 is 1.53 bits per heavy atom. The summed E-state index contributed by atoms with van der Waals surface area (Å²) in [5, 5.41) is 10.0. The Labute approximate surface area is 116 Å². The molecule has 1 N–H and O–H groups in total. The molecule has 2 heterocycles. The number of carbonyl (C=O) groups is 2. The summed E-state index contributed by atoms with van der Waals surface area (Å²) in [5.74, 6) is -1.08. The predicted octanol–water partition coefficient (Wildman–Crippen LogP) is 2.20. The molecule has 0 spiro atoms. The van der Waals surface area contributed by atoms with Crippen molar-refractivity contribution in [3.63, 3.8) is 0 Å². The maximum Gasteiger partial charge on any atom is 0.308 e. The smallest absolute Gasteiger partial charge is 0.308 e. The molecule has 0 aliphatic carbocycles. The minimum Gasteiger partial charge on any atom is -0.481 e. The summed E-state index contributed by atoms with van der Waals surface area (Å²) in [7, 11) is 0. The zero-order chi connectivity index (χ0) is 14.2. The van der Waals surface area contributed by atoms with Crippen LogP contribution >= 0.6 is 11.3 Å². The highest BCUT2D eigenvalue weighted by atomic mass is 32.1. The van der Waals surface area contributed by atoms with Crippen LogP contribution in [0.1, 0.15) is 47.8 Å². The summed E-state index contributed by atoms with van der Waals surface area (Å²) >= 11 is 1.40. The van der Waals surface area contributed by atoms with E-state index in [2.05, 4.69) is 4.98 Å². The maximum atomic E-state index is 12.4. The van der Waals surface area contributed by atoms with Crippen molar-refractivity contribution < 1.29 is 14.7 Å². The van der Waals surface area contributed by atoms with Gasteiger partial charge in [0.1, 0.15) is 4.88 Å². The van der Waals surface area contributed by atoms with E-state index in [0.29, 0.717) is 23.8 Å². The summed E-state index contributed by atoms with van der Waals surface area (Å²) in [6.45, 7) is 6.37. The predicted molar refractivity (Wildman–Crippen MR) is 72.4 cm³/mol. The van der Waals surface area contributed by atoms with Gasteiger partial charge in [-0.25, -0.2) is 4.98 Å². The zero-order valence-corrected chi connectivity index (χ0v) is 12.1. The Hall–Kier alpha value is -1.43. The first-order valence-corrected chi connectivity index (χ1v) is 7.23. The number of likely N-dealkylation sites (tertiary alicyclic amines) is 1. The number of hydrogen-bond acceptors (Lipinski definition) is 4. The van der Waals surface area contributed by atoms with Gasteiger partial charge in [-0.05, 0) is 13.3 Å². The van der Waals surface area contributed by atoms with E-state index < -0.39 is 11.9 Å². The highest BCUT2D eigenvalue weighted by Gasteiger charge is 2.38. The molecule has 1 aliphatic rings. The molecule has 0 bridgehead atoms. The molecule has 2 rings (SSSR count). The number of aliphatic carboxylic acids is 1. The number of aromatic nitrogens is 1. The second kappa shape index (κ2) is 5.28. The molecule has 1 aromatic rings. The fourth-order valence-corrected chi connectivity index (χ4v) is 3.23. The topological polar surface area (TPSA) is 70.5 Å². The van der Waals surface area contributed by atoms with Gasteiger partial charge < -0.3 is 10.0 Å². The molecule has 19 heavy (non-hydrogen) atoms. The fraction of sp³-hybridized carbons (Fsp3) is 0.615. The molecule has 104 valence electrons. The van der Waals surface area contributed by atoms with Crippen molar-refractivity contribution in [1.82, 2.24) is 9.88 Å². The minimum atomic E-state index is -0.824. The minimum absolute atomic E-state index is 0.0966. The van der Waals surface area contributed by atoms with Gasteiger partial charge in [-0.1, -0.05) is 13.8 Å². The Morgan fingerprint density at radius 3 is 2.68 bits per heavy atom. The summed E-state index contributed by atoms with van der Waals surface area (Å²) < 4.78 is 0. The van der Waals surface area contributed by atoms with Crippen LogP contribution in [-0.4, -0.2) is 39.5 Å². The van der Waals surface area contributed by atoms with E-state index in [4.69, 9.17) is 5.11 Å². The van der Waals surface area contributed by atoms with Gasteiger partial charge in [-0.2, -0.15) is 0 Å². The van der Waals surface area contributed by atoms with Crippen molar-refractivity contribution in [3.05, 3.63) is 16.1 Å².